The Labute approximate surface area is 198 Å². The topological polar surface area (TPSA) is 135 Å². The van der Waals surface area contributed by atoms with Gasteiger partial charge in [-0.1, -0.05) is 38.1 Å². The summed E-state index contributed by atoms with van der Waals surface area (Å²) in [5, 5.41) is 13.7. The van der Waals surface area contributed by atoms with Gasteiger partial charge in [0.15, 0.2) is 0 Å². The van der Waals surface area contributed by atoms with E-state index in [1.54, 1.807) is 68.4 Å². The molecule has 9 nitrogen and oxygen atoms in total. The van der Waals surface area contributed by atoms with Crippen LogP contribution in [0.4, 0.5) is 0 Å². The summed E-state index contributed by atoms with van der Waals surface area (Å²) < 4.78 is 10.4. The van der Waals surface area contributed by atoms with Crippen molar-refractivity contribution >= 4 is 23.8 Å². The summed E-state index contributed by atoms with van der Waals surface area (Å²) in [6, 6.07) is 14.3. The Morgan fingerprint density at radius 1 is 0.912 bits per heavy atom. The molecule has 0 aliphatic rings. The molecule has 2 aromatic carbocycles. The number of esters is 2. The third kappa shape index (κ3) is 7.45. The molecule has 0 heterocycles. The average Bonchev–Trinajstić information content (AvgIpc) is 2.85. The summed E-state index contributed by atoms with van der Waals surface area (Å²) >= 11 is 0. The van der Waals surface area contributed by atoms with Crippen molar-refractivity contribution in [3.63, 3.8) is 0 Å². The van der Waals surface area contributed by atoms with E-state index in [9.17, 15) is 19.2 Å². The van der Waals surface area contributed by atoms with Crippen LogP contribution in [0, 0.1) is 11.3 Å². The maximum Gasteiger partial charge on any atom is 0.310 e. The standard InChI is InChI=1S/C25H27N3O6/c1-4-21(29)33-16(3)23(25(32)27-15-14-26)28-24(31)19-8-6-17(7-9-19)18-10-12-20(13-11-18)34-22(30)5-2/h6-13,16,23H,4-5,15H2,1-3H3,(H,27,32)(H,28,31)/t16-,23+/m1/s1. The normalized spacial score (nSPS) is 11.9. The number of rotatable bonds is 10. The third-order valence-electron chi connectivity index (χ3n) is 4.84. The van der Waals surface area contributed by atoms with E-state index in [1.807, 2.05) is 0 Å². The number of nitrogens with zero attached hydrogens (tertiary/aromatic N) is 1. The Morgan fingerprint density at radius 2 is 1.47 bits per heavy atom. The molecule has 0 aliphatic heterocycles. The van der Waals surface area contributed by atoms with Crippen LogP contribution >= 0.6 is 0 Å². The largest absolute Gasteiger partial charge is 0.460 e. The number of hydrogen-bond donors (Lipinski definition) is 2. The summed E-state index contributed by atoms with van der Waals surface area (Å²) in [7, 11) is 0. The molecule has 0 bridgehead atoms. The van der Waals surface area contributed by atoms with Gasteiger partial charge in [0, 0.05) is 18.4 Å². The summed E-state index contributed by atoms with van der Waals surface area (Å²) in [6.07, 6.45) is -0.532. The van der Waals surface area contributed by atoms with E-state index in [4.69, 9.17) is 14.7 Å². The zero-order valence-corrected chi connectivity index (χ0v) is 19.3. The summed E-state index contributed by atoms with van der Waals surface area (Å²) in [4.78, 5) is 48.2. The monoisotopic (exact) mass is 465 g/mol. The van der Waals surface area contributed by atoms with Crippen molar-refractivity contribution < 1.29 is 28.7 Å². The Balaban J connectivity index is 2.12. The Bertz CT molecular complexity index is 1060. The van der Waals surface area contributed by atoms with Gasteiger partial charge in [0.05, 0.1) is 6.07 Å². The molecule has 178 valence electrons. The summed E-state index contributed by atoms with van der Waals surface area (Å²) in [5.41, 5.74) is 1.99. The predicted molar refractivity (Wildman–Crippen MR) is 124 cm³/mol. The molecule has 2 aromatic rings. The molecule has 2 atom stereocenters. The van der Waals surface area contributed by atoms with E-state index < -0.39 is 29.9 Å². The van der Waals surface area contributed by atoms with Gasteiger partial charge in [-0.05, 0) is 42.3 Å². The number of carbonyl (C=O) groups is 4. The molecule has 0 saturated heterocycles. The van der Waals surface area contributed by atoms with Gasteiger partial charge in [-0.15, -0.1) is 0 Å². The number of hydrogen-bond acceptors (Lipinski definition) is 7. The second-order valence-electron chi connectivity index (χ2n) is 7.30. The molecule has 2 N–H and O–H groups in total. The molecular formula is C25H27N3O6. The van der Waals surface area contributed by atoms with Crippen LogP contribution in [-0.2, 0) is 19.1 Å². The average molecular weight is 466 g/mol. The van der Waals surface area contributed by atoms with Crippen molar-refractivity contribution in [1.29, 1.82) is 5.26 Å². The molecule has 34 heavy (non-hydrogen) atoms. The number of amides is 2. The first-order valence-corrected chi connectivity index (χ1v) is 10.8. The second kappa shape index (κ2) is 12.7. The quantitative estimate of drug-likeness (QED) is 0.313. The number of benzene rings is 2. The van der Waals surface area contributed by atoms with Gasteiger partial charge in [-0.25, -0.2) is 0 Å². The first kappa shape index (κ1) is 26.1. The van der Waals surface area contributed by atoms with Crippen LogP contribution in [0.1, 0.15) is 44.0 Å². The van der Waals surface area contributed by atoms with E-state index in [-0.39, 0.29) is 25.4 Å². The first-order valence-electron chi connectivity index (χ1n) is 10.8. The lowest BCUT2D eigenvalue weighted by molar-refractivity contribution is -0.150. The van der Waals surface area contributed by atoms with Gasteiger partial charge < -0.3 is 20.1 Å². The van der Waals surface area contributed by atoms with Gasteiger partial charge in [0.25, 0.3) is 5.91 Å². The number of nitriles is 1. The number of carbonyl (C=O) groups excluding carboxylic acids is 4. The molecule has 0 saturated carbocycles. The van der Waals surface area contributed by atoms with Gasteiger partial charge >= 0.3 is 11.9 Å². The minimum Gasteiger partial charge on any atom is -0.460 e. The maximum atomic E-state index is 12.8. The van der Waals surface area contributed by atoms with E-state index in [0.29, 0.717) is 11.3 Å². The SMILES string of the molecule is CCC(=O)Oc1ccc(-c2ccc(C(=O)N[C@H](C(=O)NCC#N)[C@@H](C)OC(=O)CC)cc2)cc1. The summed E-state index contributed by atoms with van der Waals surface area (Å²) in [6.45, 7) is 4.58. The molecular weight excluding hydrogens is 438 g/mol. The van der Waals surface area contributed by atoms with E-state index in [0.717, 1.165) is 11.1 Å². The lowest BCUT2D eigenvalue weighted by Crippen LogP contribution is -2.53. The van der Waals surface area contributed by atoms with Crippen LogP contribution in [0.3, 0.4) is 0 Å². The fraction of sp³-hybridized carbons (Fsp3) is 0.320. The zero-order valence-electron chi connectivity index (χ0n) is 19.3. The number of nitrogens with one attached hydrogen (secondary N) is 2. The zero-order chi connectivity index (χ0) is 25.1. The van der Waals surface area contributed by atoms with Crippen molar-refractivity contribution in [2.45, 2.75) is 45.8 Å². The molecule has 0 fully saturated rings. The molecule has 0 aliphatic carbocycles. The van der Waals surface area contributed by atoms with Crippen molar-refractivity contribution in [2.75, 3.05) is 6.54 Å². The van der Waals surface area contributed by atoms with Gasteiger partial charge in [0.2, 0.25) is 5.91 Å². The molecule has 9 heteroatoms. The highest BCUT2D eigenvalue weighted by molar-refractivity contribution is 5.98. The highest BCUT2D eigenvalue weighted by Gasteiger charge is 2.29. The van der Waals surface area contributed by atoms with Crippen LogP contribution in [0.2, 0.25) is 0 Å². The van der Waals surface area contributed by atoms with E-state index >= 15 is 0 Å². The van der Waals surface area contributed by atoms with Crippen LogP contribution in [0.15, 0.2) is 48.5 Å². The van der Waals surface area contributed by atoms with Gasteiger partial charge in [-0.3, -0.25) is 19.2 Å². The Hall–Kier alpha value is -4.19. The van der Waals surface area contributed by atoms with Crippen LogP contribution in [0.5, 0.6) is 5.75 Å². The molecule has 0 spiro atoms. The first-order chi connectivity index (χ1) is 16.3. The second-order valence-corrected chi connectivity index (χ2v) is 7.30. The Kier molecular flexibility index (Phi) is 9.77. The summed E-state index contributed by atoms with van der Waals surface area (Å²) in [5.74, 6) is -1.55. The smallest absolute Gasteiger partial charge is 0.310 e. The minimum atomic E-state index is -1.17. The van der Waals surface area contributed by atoms with Crippen LogP contribution in [-0.4, -0.2) is 42.4 Å². The molecule has 0 unspecified atom stereocenters. The molecule has 0 aromatic heterocycles. The molecule has 0 radical (unpaired) electrons. The Morgan fingerprint density at radius 3 is 2.00 bits per heavy atom. The highest BCUT2D eigenvalue weighted by atomic mass is 16.5. The molecule has 2 rings (SSSR count). The lowest BCUT2D eigenvalue weighted by Gasteiger charge is -2.24. The van der Waals surface area contributed by atoms with Crippen LogP contribution in [0.25, 0.3) is 11.1 Å². The van der Waals surface area contributed by atoms with E-state index in [2.05, 4.69) is 10.6 Å². The van der Waals surface area contributed by atoms with Crippen molar-refractivity contribution in [2.24, 2.45) is 0 Å². The van der Waals surface area contributed by atoms with Crippen molar-refractivity contribution in [3.8, 4) is 22.9 Å². The van der Waals surface area contributed by atoms with Crippen LogP contribution < -0.4 is 15.4 Å². The van der Waals surface area contributed by atoms with E-state index in [1.165, 1.54) is 6.92 Å². The fourth-order valence-corrected chi connectivity index (χ4v) is 2.95. The third-order valence-corrected chi connectivity index (χ3v) is 4.84. The lowest BCUT2D eigenvalue weighted by atomic mass is 10.0. The van der Waals surface area contributed by atoms with Gasteiger partial charge in [0.1, 0.15) is 24.4 Å². The maximum absolute atomic E-state index is 12.8. The molecule has 2 amide bonds. The predicted octanol–water partition coefficient (Wildman–Crippen LogP) is 2.75. The van der Waals surface area contributed by atoms with Gasteiger partial charge in [-0.2, -0.15) is 5.26 Å². The van der Waals surface area contributed by atoms with Crippen molar-refractivity contribution in [3.05, 3.63) is 54.1 Å². The number of ether oxygens (including phenoxy) is 2. The van der Waals surface area contributed by atoms with Crippen molar-refractivity contribution in [1.82, 2.24) is 10.6 Å². The fourth-order valence-electron chi connectivity index (χ4n) is 2.95. The highest BCUT2D eigenvalue weighted by Crippen LogP contribution is 2.23. The minimum absolute atomic E-state index is 0.119.